The van der Waals surface area contributed by atoms with Gasteiger partial charge in [0.25, 0.3) is 0 Å². The van der Waals surface area contributed by atoms with Crippen LogP contribution in [0.2, 0.25) is 0 Å². The van der Waals surface area contributed by atoms with Gasteiger partial charge in [0, 0.05) is 26.7 Å². The molecule has 1 fully saturated rings. The van der Waals surface area contributed by atoms with Gasteiger partial charge in [-0.15, -0.1) is 0 Å². The van der Waals surface area contributed by atoms with Gasteiger partial charge in [-0.05, 0) is 6.54 Å². The molecule has 1 aliphatic rings. The zero-order valence-electron chi connectivity index (χ0n) is 10.9. The topological polar surface area (TPSA) is 82.1 Å². The molecule has 1 heterocycles. The second kappa shape index (κ2) is 7.17. The first kappa shape index (κ1) is 14.7. The van der Waals surface area contributed by atoms with E-state index >= 15 is 0 Å². The largest absolute Gasteiger partial charge is 0.480 e. The average molecular weight is 259 g/mol. The van der Waals surface area contributed by atoms with Crippen molar-refractivity contribution in [1.29, 1.82) is 0 Å². The first-order valence-electron chi connectivity index (χ1n) is 6.07. The lowest BCUT2D eigenvalue weighted by atomic mass is 10.2. The molecule has 2 N–H and O–H groups in total. The highest BCUT2D eigenvalue weighted by Gasteiger charge is 2.20. The van der Waals surface area contributed by atoms with Gasteiger partial charge in [-0.1, -0.05) is 6.92 Å². The maximum Gasteiger partial charge on any atom is 0.323 e. The SMILES string of the molecule is CCN1CCOC(CNC(=O)N(C)CC(=O)O)C1. The Morgan fingerprint density at radius 3 is 2.89 bits per heavy atom. The van der Waals surface area contributed by atoms with E-state index in [1.165, 1.54) is 7.05 Å². The van der Waals surface area contributed by atoms with Crippen LogP contribution < -0.4 is 5.32 Å². The number of likely N-dealkylation sites (N-methyl/N-ethyl adjacent to an activating group) is 2. The molecule has 18 heavy (non-hydrogen) atoms. The molecule has 1 aliphatic heterocycles. The Morgan fingerprint density at radius 2 is 2.28 bits per heavy atom. The fraction of sp³-hybridized carbons (Fsp3) is 0.818. The molecule has 0 saturated carbocycles. The minimum atomic E-state index is -1.03. The third-order valence-corrected chi connectivity index (χ3v) is 2.87. The fourth-order valence-corrected chi connectivity index (χ4v) is 1.80. The fourth-order valence-electron chi connectivity index (χ4n) is 1.80. The van der Waals surface area contributed by atoms with Crippen molar-refractivity contribution in [3.8, 4) is 0 Å². The van der Waals surface area contributed by atoms with Gasteiger partial charge >= 0.3 is 12.0 Å². The minimum absolute atomic E-state index is 0.0270. The molecule has 0 aromatic carbocycles. The number of nitrogens with zero attached hydrogens (tertiary/aromatic N) is 2. The van der Waals surface area contributed by atoms with E-state index in [4.69, 9.17) is 9.84 Å². The second-order valence-corrected chi connectivity index (χ2v) is 4.32. The molecule has 1 saturated heterocycles. The van der Waals surface area contributed by atoms with Crippen LogP contribution in [0.25, 0.3) is 0 Å². The highest BCUT2D eigenvalue weighted by atomic mass is 16.5. The molecule has 7 nitrogen and oxygen atoms in total. The van der Waals surface area contributed by atoms with Crippen LogP contribution in [0.1, 0.15) is 6.92 Å². The summed E-state index contributed by atoms with van der Waals surface area (Å²) in [6, 6.07) is -0.394. The molecule has 1 atom stereocenters. The van der Waals surface area contributed by atoms with Gasteiger partial charge in [-0.2, -0.15) is 0 Å². The van der Waals surface area contributed by atoms with E-state index in [1.54, 1.807) is 0 Å². The Labute approximate surface area is 107 Å². The molecule has 0 aliphatic carbocycles. The molecule has 1 unspecified atom stereocenters. The zero-order chi connectivity index (χ0) is 13.5. The number of rotatable bonds is 5. The van der Waals surface area contributed by atoms with Crippen LogP contribution in [0, 0.1) is 0 Å². The average Bonchev–Trinajstić information content (AvgIpc) is 2.35. The molecule has 0 spiro atoms. The predicted octanol–water partition coefficient (Wildman–Crippen LogP) is -0.567. The first-order valence-corrected chi connectivity index (χ1v) is 6.07. The molecule has 1 rings (SSSR count). The molecular formula is C11H21N3O4. The van der Waals surface area contributed by atoms with Crippen molar-refractivity contribution in [1.82, 2.24) is 15.1 Å². The standard InChI is InChI=1S/C11H21N3O4/c1-3-14-4-5-18-9(7-14)6-12-11(17)13(2)8-10(15)16/h9H,3-8H2,1-2H3,(H,12,17)(H,15,16). The second-order valence-electron chi connectivity index (χ2n) is 4.32. The van der Waals surface area contributed by atoms with Gasteiger partial charge in [0.15, 0.2) is 0 Å². The van der Waals surface area contributed by atoms with Crippen LogP contribution in [-0.2, 0) is 9.53 Å². The lowest BCUT2D eigenvalue weighted by Gasteiger charge is -2.32. The number of morpholine rings is 1. The van der Waals surface area contributed by atoms with Crippen LogP contribution in [0.4, 0.5) is 4.79 Å². The summed E-state index contributed by atoms with van der Waals surface area (Å²) in [5, 5.41) is 11.2. The third-order valence-electron chi connectivity index (χ3n) is 2.87. The van der Waals surface area contributed by atoms with Crippen molar-refractivity contribution in [3.63, 3.8) is 0 Å². The number of carbonyl (C=O) groups is 2. The third kappa shape index (κ3) is 4.89. The molecule has 0 radical (unpaired) electrons. The number of nitrogens with one attached hydrogen (secondary N) is 1. The number of hydrogen-bond donors (Lipinski definition) is 2. The number of hydrogen-bond acceptors (Lipinski definition) is 4. The van der Waals surface area contributed by atoms with E-state index in [1.807, 2.05) is 0 Å². The highest BCUT2D eigenvalue weighted by molar-refractivity contribution is 5.79. The summed E-state index contributed by atoms with van der Waals surface area (Å²) in [6.07, 6.45) is -0.0270. The van der Waals surface area contributed by atoms with Crippen molar-refractivity contribution < 1.29 is 19.4 Å². The molecule has 0 aromatic heterocycles. The van der Waals surface area contributed by atoms with Crippen LogP contribution in [-0.4, -0.2) is 79.4 Å². The summed E-state index contributed by atoms with van der Waals surface area (Å²) in [5.41, 5.74) is 0. The van der Waals surface area contributed by atoms with E-state index in [0.29, 0.717) is 13.2 Å². The lowest BCUT2D eigenvalue weighted by molar-refractivity contribution is -0.137. The zero-order valence-corrected chi connectivity index (χ0v) is 10.9. The Kier molecular flexibility index (Phi) is 5.87. The van der Waals surface area contributed by atoms with E-state index in [9.17, 15) is 9.59 Å². The number of carboxylic acids is 1. The first-order chi connectivity index (χ1) is 8.52. The van der Waals surface area contributed by atoms with E-state index in [2.05, 4.69) is 17.1 Å². The summed E-state index contributed by atoms with van der Waals surface area (Å²) in [6.45, 7) is 5.52. The molecule has 7 heteroatoms. The normalized spacial score (nSPS) is 20.4. The molecule has 0 bridgehead atoms. The number of urea groups is 1. The quantitative estimate of drug-likeness (QED) is 0.691. The summed E-state index contributed by atoms with van der Waals surface area (Å²) in [7, 11) is 1.45. The number of carboxylic acid groups (broad SMARTS) is 1. The molecular weight excluding hydrogens is 238 g/mol. The van der Waals surface area contributed by atoms with Crippen LogP contribution >= 0.6 is 0 Å². The number of carbonyl (C=O) groups excluding carboxylic acids is 1. The maximum atomic E-state index is 11.6. The summed E-state index contributed by atoms with van der Waals surface area (Å²) in [4.78, 5) is 25.4. The smallest absolute Gasteiger partial charge is 0.323 e. The Hall–Kier alpha value is -1.34. The van der Waals surface area contributed by atoms with Gasteiger partial charge in [-0.25, -0.2) is 4.79 Å². The molecule has 0 aromatic rings. The van der Waals surface area contributed by atoms with E-state index < -0.39 is 12.0 Å². The number of aliphatic carboxylic acids is 1. The number of amides is 2. The summed E-state index contributed by atoms with van der Waals surface area (Å²) < 4.78 is 5.53. The van der Waals surface area contributed by atoms with Crippen molar-refractivity contribution in [3.05, 3.63) is 0 Å². The van der Waals surface area contributed by atoms with Crippen LogP contribution in [0.3, 0.4) is 0 Å². The summed E-state index contributed by atoms with van der Waals surface area (Å²) in [5.74, 6) is -1.03. The monoisotopic (exact) mass is 259 g/mol. The van der Waals surface area contributed by atoms with Gasteiger partial charge in [0.1, 0.15) is 6.54 Å². The summed E-state index contributed by atoms with van der Waals surface area (Å²) >= 11 is 0. The van der Waals surface area contributed by atoms with Crippen LogP contribution in [0.5, 0.6) is 0 Å². The lowest BCUT2D eigenvalue weighted by Crippen LogP contribution is -2.49. The van der Waals surface area contributed by atoms with Gasteiger partial charge in [0.05, 0.1) is 12.7 Å². The van der Waals surface area contributed by atoms with E-state index in [0.717, 1.165) is 24.5 Å². The van der Waals surface area contributed by atoms with Crippen molar-refractivity contribution in [2.24, 2.45) is 0 Å². The number of ether oxygens (including phenoxy) is 1. The van der Waals surface area contributed by atoms with E-state index in [-0.39, 0.29) is 12.6 Å². The maximum absolute atomic E-state index is 11.6. The van der Waals surface area contributed by atoms with Crippen molar-refractivity contribution in [2.45, 2.75) is 13.0 Å². The Bertz CT molecular complexity index is 298. The van der Waals surface area contributed by atoms with Crippen LogP contribution in [0.15, 0.2) is 0 Å². The van der Waals surface area contributed by atoms with Gasteiger partial charge < -0.3 is 20.1 Å². The highest BCUT2D eigenvalue weighted by Crippen LogP contribution is 2.03. The van der Waals surface area contributed by atoms with Crippen molar-refractivity contribution >= 4 is 12.0 Å². The molecule has 2 amide bonds. The Morgan fingerprint density at radius 1 is 1.56 bits per heavy atom. The van der Waals surface area contributed by atoms with Crippen molar-refractivity contribution in [2.75, 3.05) is 46.4 Å². The minimum Gasteiger partial charge on any atom is -0.480 e. The molecule has 104 valence electrons. The Balaban J connectivity index is 2.27. The van der Waals surface area contributed by atoms with Gasteiger partial charge in [0.2, 0.25) is 0 Å². The van der Waals surface area contributed by atoms with Gasteiger partial charge in [-0.3, -0.25) is 9.69 Å². The predicted molar refractivity (Wildman–Crippen MR) is 65.5 cm³/mol.